The Kier molecular flexibility index (Phi) is 6.46. The van der Waals surface area contributed by atoms with Gasteiger partial charge in [0.2, 0.25) is 0 Å². The second-order valence-electron chi connectivity index (χ2n) is 7.95. The molecule has 0 bridgehead atoms. The number of nitrogens with zero attached hydrogens (tertiary/aromatic N) is 1. The van der Waals surface area contributed by atoms with E-state index in [-0.39, 0.29) is 16.7 Å². The lowest BCUT2D eigenvalue weighted by molar-refractivity contribution is 0.0794. The van der Waals surface area contributed by atoms with Crippen LogP contribution in [0.15, 0.2) is 77.7 Å². The largest absolute Gasteiger partial charge is 0.339 e. The number of nitrogens with one attached hydrogen (secondary N) is 2. The molecule has 2 N–H and O–H groups in total. The molecule has 1 aliphatic rings. The van der Waals surface area contributed by atoms with Gasteiger partial charge < -0.3 is 10.2 Å². The number of aryl methyl sites for hydroxylation is 1. The molecule has 170 valence electrons. The molecule has 1 saturated heterocycles. The molecule has 2 amide bonds. The first-order chi connectivity index (χ1) is 15.8. The zero-order chi connectivity index (χ0) is 23.4. The van der Waals surface area contributed by atoms with Gasteiger partial charge in [0, 0.05) is 18.7 Å². The molecule has 1 fully saturated rings. The van der Waals surface area contributed by atoms with Crippen molar-refractivity contribution < 1.29 is 18.0 Å². The number of benzene rings is 3. The fourth-order valence-electron chi connectivity index (χ4n) is 3.79. The normalized spacial score (nSPS) is 13.5. The Hall–Kier alpha value is -3.65. The molecule has 4 rings (SSSR count). The van der Waals surface area contributed by atoms with E-state index in [9.17, 15) is 18.0 Å². The summed E-state index contributed by atoms with van der Waals surface area (Å²) in [7, 11) is -3.73. The van der Waals surface area contributed by atoms with Gasteiger partial charge in [-0.15, -0.1) is 0 Å². The summed E-state index contributed by atoms with van der Waals surface area (Å²) in [4.78, 5) is 27.7. The van der Waals surface area contributed by atoms with E-state index in [1.807, 2.05) is 0 Å². The maximum Gasteiger partial charge on any atom is 0.261 e. The smallest absolute Gasteiger partial charge is 0.261 e. The van der Waals surface area contributed by atoms with Crippen LogP contribution < -0.4 is 10.0 Å². The maximum absolute atomic E-state index is 12.9. The number of hydrogen-bond donors (Lipinski definition) is 2. The minimum absolute atomic E-state index is 0.0924. The average molecular weight is 464 g/mol. The van der Waals surface area contributed by atoms with Crippen LogP contribution in [0.4, 0.5) is 11.4 Å². The third kappa shape index (κ3) is 5.06. The SMILES string of the molecule is Cc1cc(C(=O)Nc2ccccc2C(=O)N2CCCC2)ccc1NS(=O)(=O)c1ccccc1. The molecule has 3 aromatic rings. The molecular formula is C25H25N3O4S. The molecule has 0 radical (unpaired) electrons. The topological polar surface area (TPSA) is 95.6 Å². The molecule has 1 heterocycles. The average Bonchev–Trinajstić information content (AvgIpc) is 3.36. The second kappa shape index (κ2) is 9.46. The number of amides is 2. The molecule has 0 saturated carbocycles. The molecule has 33 heavy (non-hydrogen) atoms. The Balaban J connectivity index is 1.51. The van der Waals surface area contributed by atoms with Gasteiger partial charge in [-0.25, -0.2) is 8.42 Å². The quantitative estimate of drug-likeness (QED) is 0.570. The number of likely N-dealkylation sites (tertiary alicyclic amines) is 1. The molecule has 8 heteroatoms. The van der Waals surface area contributed by atoms with Gasteiger partial charge in [-0.1, -0.05) is 30.3 Å². The lowest BCUT2D eigenvalue weighted by Crippen LogP contribution is -2.28. The predicted octanol–water partition coefficient (Wildman–Crippen LogP) is 4.28. The number of anilines is 2. The number of hydrogen-bond acceptors (Lipinski definition) is 4. The number of carbonyl (C=O) groups excluding carboxylic acids is 2. The van der Waals surface area contributed by atoms with Crippen LogP contribution in [-0.2, 0) is 10.0 Å². The third-order valence-electron chi connectivity index (χ3n) is 5.59. The molecule has 0 aromatic heterocycles. The van der Waals surface area contributed by atoms with Crippen molar-refractivity contribution in [2.45, 2.75) is 24.7 Å². The van der Waals surface area contributed by atoms with E-state index in [1.165, 1.54) is 12.1 Å². The highest BCUT2D eigenvalue weighted by Crippen LogP contribution is 2.24. The minimum Gasteiger partial charge on any atom is -0.339 e. The van der Waals surface area contributed by atoms with Crippen molar-refractivity contribution in [2.24, 2.45) is 0 Å². The van der Waals surface area contributed by atoms with Crippen molar-refractivity contribution in [2.75, 3.05) is 23.1 Å². The zero-order valence-corrected chi connectivity index (χ0v) is 19.1. The van der Waals surface area contributed by atoms with Crippen molar-refractivity contribution in [3.8, 4) is 0 Å². The Morgan fingerprint density at radius 2 is 1.52 bits per heavy atom. The minimum atomic E-state index is -3.73. The summed E-state index contributed by atoms with van der Waals surface area (Å²) >= 11 is 0. The summed E-state index contributed by atoms with van der Waals surface area (Å²) in [6.45, 7) is 3.17. The highest BCUT2D eigenvalue weighted by atomic mass is 32.2. The molecule has 1 aliphatic heterocycles. The van der Waals surface area contributed by atoms with Gasteiger partial charge in [0.15, 0.2) is 0 Å². The Labute approximate surface area is 193 Å². The van der Waals surface area contributed by atoms with Crippen molar-refractivity contribution in [1.29, 1.82) is 0 Å². The molecule has 0 aliphatic carbocycles. The van der Waals surface area contributed by atoms with E-state index < -0.39 is 10.0 Å². The van der Waals surface area contributed by atoms with Gasteiger partial charge in [-0.05, 0) is 67.8 Å². The van der Waals surface area contributed by atoms with E-state index in [2.05, 4.69) is 10.0 Å². The summed E-state index contributed by atoms with van der Waals surface area (Å²) in [6, 6.07) is 19.8. The van der Waals surface area contributed by atoms with Crippen molar-refractivity contribution >= 4 is 33.2 Å². The standard InChI is InChI=1S/C25H25N3O4S/c1-18-17-19(13-14-22(18)27-33(31,32)20-9-3-2-4-10-20)24(29)26-23-12-6-5-11-21(23)25(30)28-15-7-8-16-28/h2-6,9-14,17,27H,7-8,15-16H2,1H3,(H,26,29). The molecule has 0 atom stereocenters. The number of para-hydroxylation sites is 1. The molecule has 0 spiro atoms. The highest BCUT2D eigenvalue weighted by Gasteiger charge is 2.22. The van der Waals surface area contributed by atoms with E-state index in [4.69, 9.17) is 0 Å². The highest BCUT2D eigenvalue weighted by molar-refractivity contribution is 7.92. The maximum atomic E-state index is 12.9. The first-order valence-corrected chi connectivity index (χ1v) is 12.2. The number of sulfonamides is 1. The fraction of sp³-hybridized carbons (Fsp3) is 0.200. The van der Waals surface area contributed by atoms with Crippen LogP contribution in [0.1, 0.15) is 39.1 Å². The summed E-state index contributed by atoms with van der Waals surface area (Å²) in [5, 5.41) is 2.83. The van der Waals surface area contributed by atoms with Crippen molar-refractivity contribution in [3.05, 3.63) is 89.5 Å². The van der Waals surface area contributed by atoms with Crippen LogP contribution in [0.25, 0.3) is 0 Å². The van der Waals surface area contributed by atoms with Gasteiger partial charge in [0.05, 0.1) is 21.8 Å². The van der Waals surface area contributed by atoms with Crippen LogP contribution in [0.3, 0.4) is 0 Å². The molecular weight excluding hydrogens is 438 g/mol. The second-order valence-corrected chi connectivity index (χ2v) is 9.63. The van der Waals surface area contributed by atoms with Crippen molar-refractivity contribution in [1.82, 2.24) is 4.90 Å². The van der Waals surface area contributed by atoms with Crippen LogP contribution in [-0.4, -0.2) is 38.2 Å². The van der Waals surface area contributed by atoms with E-state index in [0.717, 1.165) is 25.9 Å². The number of carbonyl (C=O) groups is 2. The monoisotopic (exact) mass is 463 g/mol. The third-order valence-corrected chi connectivity index (χ3v) is 6.97. The van der Waals surface area contributed by atoms with E-state index in [0.29, 0.717) is 28.1 Å². The predicted molar refractivity (Wildman–Crippen MR) is 128 cm³/mol. The lowest BCUT2D eigenvalue weighted by atomic mass is 10.1. The van der Waals surface area contributed by atoms with Gasteiger partial charge in [0.25, 0.3) is 21.8 Å². The van der Waals surface area contributed by atoms with E-state index >= 15 is 0 Å². The lowest BCUT2D eigenvalue weighted by Gasteiger charge is -2.18. The number of rotatable bonds is 6. The summed E-state index contributed by atoms with van der Waals surface area (Å²) in [5.41, 5.74) is 2.25. The fourth-order valence-corrected chi connectivity index (χ4v) is 4.94. The van der Waals surface area contributed by atoms with E-state index in [1.54, 1.807) is 72.5 Å². The van der Waals surface area contributed by atoms with Crippen LogP contribution >= 0.6 is 0 Å². The summed E-state index contributed by atoms with van der Waals surface area (Å²) < 4.78 is 27.8. The summed E-state index contributed by atoms with van der Waals surface area (Å²) in [5.74, 6) is -0.470. The van der Waals surface area contributed by atoms with Gasteiger partial charge in [-0.3, -0.25) is 14.3 Å². The Morgan fingerprint density at radius 3 is 2.21 bits per heavy atom. The molecule has 0 unspecified atom stereocenters. The zero-order valence-electron chi connectivity index (χ0n) is 18.2. The van der Waals surface area contributed by atoms with Crippen LogP contribution in [0, 0.1) is 6.92 Å². The van der Waals surface area contributed by atoms with Crippen LogP contribution in [0.2, 0.25) is 0 Å². The van der Waals surface area contributed by atoms with Gasteiger partial charge >= 0.3 is 0 Å². The Bertz CT molecular complexity index is 1280. The van der Waals surface area contributed by atoms with Gasteiger partial charge in [0.1, 0.15) is 0 Å². The van der Waals surface area contributed by atoms with Crippen molar-refractivity contribution in [3.63, 3.8) is 0 Å². The molecule has 3 aromatic carbocycles. The molecule has 7 nitrogen and oxygen atoms in total. The first-order valence-electron chi connectivity index (χ1n) is 10.7. The van der Waals surface area contributed by atoms with Gasteiger partial charge in [-0.2, -0.15) is 0 Å². The van der Waals surface area contributed by atoms with Crippen LogP contribution in [0.5, 0.6) is 0 Å². The Morgan fingerprint density at radius 1 is 0.848 bits per heavy atom. The first kappa shape index (κ1) is 22.5. The summed E-state index contributed by atoms with van der Waals surface area (Å²) in [6.07, 6.45) is 1.97.